The first kappa shape index (κ1) is 25.6. The minimum Gasteiger partial charge on any atom is -0.452 e. The SMILES string of the molecule is CN(C(=O)COC(=O)c1ccc(Cl)c(S(=O)(=O)Nc2cc(Cl)ccc2Cl)c1)C1CCCCC1. The lowest BCUT2D eigenvalue weighted by molar-refractivity contribution is -0.135. The van der Waals surface area contributed by atoms with E-state index in [2.05, 4.69) is 4.72 Å². The second-order valence-electron chi connectivity index (χ2n) is 7.75. The molecule has 1 amide bonds. The fourth-order valence-corrected chi connectivity index (χ4v) is 5.59. The number of rotatable bonds is 7. The van der Waals surface area contributed by atoms with Crippen LogP contribution in [-0.4, -0.2) is 44.9 Å². The molecular formula is C22H23Cl3N2O5S. The van der Waals surface area contributed by atoms with Crippen LogP contribution in [-0.2, 0) is 19.6 Å². The standard InChI is InChI=1S/C22H23Cl3N2O5S/c1-27(16-5-3-2-4-6-16)21(28)13-32-22(29)14-7-9-18(25)20(11-14)33(30,31)26-19-12-15(23)8-10-17(19)24/h7-12,16,26H,2-6,13H2,1H3. The van der Waals surface area contributed by atoms with E-state index in [0.29, 0.717) is 0 Å². The van der Waals surface area contributed by atoms with Gasteiger partial charge in [-0.3, -0.25) is 9.52 Å². The molecule has 11 heteroatoms. The third kappa shape index (κ3) is 6.53. The summed E-state index contributed by atoms with van der Waals surface area (Å²) in [6.07, 6.45) is 5.15. The van der Waals surface area contributed by atoms with Gasteiger partial charge in [0, 0.05) is 18.1 Å². The maximum absolute atomic E-state index is 12.9. The van der Waals surface area contributed by atoms with Crippen molar-refractivity contribution in [3.05, 3.63) is 57.0 Å². The summed E-state index contributed by atoms with van der Waals surface area (Å²) >= 11 is 18.0. The summed E-state index contributed by atoms with van der Waals surface area (Å²) in [4.78, 5) is 26.2. The number of hydrogen-bond donors (Lipinski definition) is 1. The highest BCUT2D eigenvalue weighted by molar-refractivity contribution is 7.92. The van der Waals surface area contributed by atoms with Crippen LogP contribution in [0.15, 0.2) is 41.3 Å². The predicted molar refractivity (Wildman–Crippen MR) is 129 cm³/mol. The van der Waals surface area contributed by atoms with Crippen molar-refractivity contribution in [3.63, 3.8) is 0 Å². The number of ether oxygens (including phenoxy) is 1. The molecule has 0 atom stereocenters. The van der Waals surface area contributed by atoms with Gasteiger partial charge in [-0.15, -0.1) is 0 Å². The Morgan fingerprint density at radius 2 is 1.70 bits per heavy atom. The highest BCUT2D eigenvalue weighted by Gasteiger charge is 2.25. The molecule has 0 spiro atoms. The van der Waals surface area contributed by atoms with E-state index < -0.39 is 22.6 Å². The quantitative estimate of drug-likeness (QED) is 0.481. The summed E-state index contributed by atoms with van der Waals surface area (Å²) in [6.45, 7) is -0.438. The fraction of sp³-hybridized carbons (Fsp3) is 0.364. The molecule has 7 nitrogen and oxygen atoms in total. The number of nitrogens with zero attached hydrogens (tertiary/aromatic N) is 1. The molecule has 3 rings (SSSR count). The fourth-order valence-electron chi connectivity index (χ4n) is 3.60. The second-order valence-corrected chi connectivity index (χ2v) is 10.6. The van der Waals surface area contributed by atoms with Crippen molar-refractivity contribution < 1.29 is 22.7 Å². The topological polar surface area (TPSA) is 92.8 Å². The van der Waals surface area contributed by atoms with Crippen LogP contribution in [0.1, 0.15) is 42.5 Å². The molecule has 0 heterocycles. The number of nitrogens with one attached hydrogen (secondary N) is 1. The maximum atomic E-state index is 12.9. The zero-order valence-electron chi connectivity index (χ0n) is 17.8. The van der Waals surface area contributed by atoms with Crippen LogP contribution < -0.4 is 4.72 Å². The van der Waals surface area contributed by atoms with Gasteiger partial charge in [0.1, 0.15) is 4.90 Å². The Bertz CT molecular complexity index is 1150. The molecule has 0 saturated heterocycles. The van der Waals surface area contributed by atoms with Gasteiger partial charge in [-0.25, -0.2) is 13.2 Å². The third-order valence-electron chi connectivity index (χ3n) is 5.47. The van der Waals surface area contributed by atoms with Gasteiger partial charge < -0.3 is 9.64 Å². The number of likely N-dealkylation sites (N-methyl/N-ethyl adjacent to an activating group) is 1. The van der Waals surface area contributed by atoms with Crippen LogP contribution in [0.25, 0.3) is 0 Å². The molecule has 2 aromatic carbocycles. The van der Waals surface area contributed by atoms with Gasteiger partial charge in [0.25, 0.3) is 15.9 Å². The zero-order valence-corrected chi connectivity index (χ0v) is 20.9. The number of anilines is 1. The van der Waals surface area contributed by atoms with Gasteiger partial charge in [0.2, 0.25) is 0 Å². The van der Waals surface area contributed by atoms with E-state index >= 15 is 0 Å². The van der Waals surface area contributed by atoms with E-state index in [-0.39, 0.29) is 43.2 Å². The van der Waals surface area contributed by atoms with Gasteiger partial charge in [-0.05, 0) is 49.2 Å². The first-order valence-corrected chi connectivity index (χ1v) is 12.9. The molecule has 0 unspecified atom stereocenters. The van der Waals surface area contributed by atoms with Crippen molar-refractivity contribution in [1.29, 1.82) is 0 Å². The van der Waals surface area contributed by atoms with Gasteiger partial charge >= 0.3 is 5.97 Å². The predicted octanol–water partition coefficient (Wildman–Crippen LogP) is 5.40. The lowest BCUT2D eigenvalue weighted by Crippen LogP contribution is -2.40. The Hall–Kier alpha value is -2.00. The lowest BCUT2D eigenvalue weighted by Gasteiger charge is -2.31. The van der Waals surface area contributed by atoms with Crippen LogP contribution in [0.4, 0.5) is 5.69 Å². The summed E-state index contributed by atoms with van der Waals surface area (Å²) < 4.78 is 33.2. The molecule has 178 valence electrons. The van der Waals surface area contributed by atoms with Crippen LogP contribution in [0, 0.1) is 0 Å². The highest BCUT2D eigenvalue weighted by atomic mass is 35.5. The summed E-state index contributed by atoms with van der Waals surface area (Å²) in [5, 5.41) is 0.309. The number of carbonyl (C=O) groups excluding carboxylic acids is 2. The summed E-state index contributed by atoms with van der Waals surface area (Å²) in [6, 6.07) is 8.12. The molecule has 0 bridgehead atoms. The van der Waals surface area contributed by atoms with Crippen molar-refractivity contribution in [2.75, 3.05) is 18.4 Å². The summed E-state index contributed by atoms with van der Waals surface area (Å²) in [5.41, 5.74) is -0.00496. The number of esters is 1. The minimum absolute atomic E-state index is 0.0598. The Morgan fingerprint density at radius 3 is 2.39 bits per heavy atom. The minimum atomic E-state index is -4.21. The number of halogens is 3. The average molecular weight is 534 g/mol. The molecule has 33 heavy (non-hydrogen) atoms. The molecule has 1 N–H and O–H groups in total. The van der Waals surface area contributed by atoms with Crippen molar-refractivity contribution in [3.8, 4) is 0 Å². The number of amides is 1. The summed E-state index contributed by atoms with van der Waals surface area (Å²) in [5.74, 6) is -1.15. The molecule has 1 aliphatic rings. The van der Waals surface area contributed by atoms with Crippen molar-refractivity contribution in [2.45, 2.75) is 43.0 Å². The molecule has 0 aliphatic heterocycles. The molecule has 0 aromatic heterocycles. The van der Waals surface area contributed by atoms with Crippen LogP contribution in [0.2, 0.25) is 15.1 Å². The Morgan fingerprint density at radius 1 is 1.03 bits per heavy atom. The largest absolute Gasteiger partial charge is 0.452 e. The first-order valence-electron chi connectivity index (χ1n) is 10.3. The van der Waals surface area contributed by atoms with E-state index in [1.165, 1.54) is 30.3 Å². The van der Waals surface area contributed by atoms with E-state index in [1.807, 2.05) is 0 Å². The van der Waals surface area contributed by atoms with Gasteiger partial charge in [0.15, 0.2) is 6.61 Å². The van der Waals surface area contributed by atoms with Crippen molar-refractivity contribution in [1.82, 2.24) is 4.90 Å². The number of sulfonamides is 1. The van der Waals surface area contributed by atoms with E-state index in [4.69, 9.17) is 39.5 Å². The molecule has 1 aliphatic carbocycles. The van der Waals surface area contributed by atoms with E-state index in [9.17, 15) is 18.0 Å². The molecule has 0 radical (unpaired) electrons. The molecule has 1 fully saturated rings. The van der Waals surface area contributed by atoms with Crippen molar-refractivity contribution in [2.24, 2.45) is 0 Å². The van der Waals surface area contributed by atoms with E-state index in [1.54, 1.807) is 11.9 Å². The average Bonchev–Trinajstić information content (AvgIpc) is 2.79. The lowest BCUT2D eigenvalue weighted by atomic mass is 9.94. The Labute approximate surface area is 208 Å². The van der Waals surface area contributed by atoms with Crippen LogP contribution in [0.3, 0.4) is 0 Å². The van der Waals surface area contributed by atoms with Crippen LogP contribution >= 0.6 is 34.8 Å². The van der Waals surface area contributed by atoms with Gasteiger partial charge in [-0.1, -0.05) is 54.1 Å². The smallest absolute Gasteiger partial charge is 0.338 e. The zero-order chi connectivity index (χ0) is 24.2. The normalized spacial score (nSPS) is 14.5. The maximum Gasteiger partial charge on any atom is 0.338 e. The number of hydrogen-bond acceptors (Lipinski definition) is 5. The molecular weight excluding hydrogens is 511 g/mol. The second kappa shape index (κ2) is 11.0. The molecule has 2 aromatic rings. The van der Waals surface area contributed by atoms with Crippen molar-refractivity contribution >= 4 is 62.4 Å². The van der Waals surface area contributed by atoms with Gasteiger partial charge in [-0.2, -0.15) is 0 Å². The Kier molecular flexibility index (Phi) is 8.50. The van der Waals surface area contributed by atoms with Gasteiger partial charge in [0.05, 0.1) is 21.3 Å². The highest BCUT2D eigenvalue weighted by Crippen LogP contribution is 2.30. The Balaban J connectivity index is 1.71. The number of carbonyl (C=O) groups is 2. The number of benzene rings is 2. The first-order chi connectivity index (χ1) is 15.6. The third-order valence-corrected chi connectivity index (χ3v) is 7.88. The monoisotopic (exact) mass is 532 g/mol. The molecule has 1 saturated carbocycles. The summed E-state index contributed by atoms with van der Waals surface area (Å²) in [7, 11) is -2.51. The van der Waals surface area contributed by atoms with Crippen LogP contribution in [0.5, 0.6) is 0 Å². The van der Waals surface area contributed by atoms with E-state index in [0.717, 1.165) is 38.2 Å².